The van der Waals surface area contributed by atoms with E-state index in [-0.39, 0.29) is 46.0 Å². The molecule has 5 aliphatic carbocycles. The van der Waals surface area contributed by atoms with E-state index in [2.05, 4.69) is 40.7 Å². The normalized spacial score (nSPS) is 55.0. The Labute approximate surface area is 567 Å². The quantitative estimate of drug-likeness (QED) is 0.0367. The molecule has 98 heavy (non-hydrogen) atoms. The fourth-order valence-corrected chi connectivity index (χ4v) is 19.3. The summed E-state index contributed by atoms with van der Waals surface area (Å²) in [5, 5.41) is 207. The zero-order valence-electron chi connectivity index (χ0n) is 56.6. The van der Waals surface area contributed by atoms with Crippen LogP contribution in [-0.4, -0.2) is 326 Å². The molecule has 39 atom stereocenters. The third-order valence-electron chi connectivity index (χ3n) is 25.7. The molecule has 0 unspecified atom stereocenters. The Hall–Kier alpha value is -1.99. The lowest BCUT2D eigenvalue weighted by Crippen LogP contribution is -2.67. The van der Waals surface area contributed by atoms with Crippen molar-refractivity contribution in [1.29, 1.82) is 0 Å². The number of esters is 1. The molecule has 0 aromatic carbocycles. The van der Waals surface area contributed by atoms with Gasteiger partial charge in [0.1, 0.15) is 134 Å². The summed E-state index contributed by atoms with van der Waals surface area (Å²) in [5.74, 6) is -0.831. The topological polar surface area (TPSA) is 512 Å². The fourth-order valence-electron chi connectivity index (χ4n) is 19.3. The Bertz CT molecular complexity index is 2750. The van der Waals surface area contributed by atoms with Crippen LogP contribution in [0.1, 0.15) is 120 Å². The Kier molecular flexibility index (Phi) is 22.9. The van der Waals surface area contributed by atoms with Crippen LogP contribution in [0.2, 0.25) is 0 Å². The number of fused-ring (bicyclic) bond motifs is 7. The van der Waals surface area contributed by atoms with Crippen LogP contribution in [0, 0.1) is 50.2 Å². The van der Waals surface area contributed by atoms with Gasteiger partial charge in [0.05, 0.1) is 56.8 Å². The van der Waals surface area contributed by atoms with E-state index in [4.69, 9.17) is 56.8 Å². The van der Waals surface area contributed by atoms with Gasteiger partial charge >= 0.3 is 5.97 Å². The molecule has 32 nitrogen and oxygen atoms in total. The van der Waals surface area contributed by atoms with Crippen molar-refractivity contribution in [1.82, 2.24) is 0 Å². The van der Waals surface area contributed by atoms with Gasteiger partial charge in [-0.25, -0.2) is 0 Å². The van der Waals surface area contributed by atoms with Crippen molar-refractivity contribution in [3.05, 3.63) is 11.6 Å². The average molecular weight is 1410 g/mol. The number of allylic oxidation sites excluding steroid dienone is 2. The second-order valence-electron chi connectivity index (χ2n) is 31.7. The highest BCUT2D eigenvalue weighted by molar-refractivity contribution is 5.79. The summed E-state index contributed by atoms with van der Waals surface area (Å²) in [4.78, 5) is 14.8. The third kappa shape index (κ3) is 13.1. The van der Waals surface area contributed by atoms with E-state index in [0.717, 1.165) is 12.8 Å². The lowest BCUT2D eigenvalue weighted by Gasteiger charge is -2.71. The molecule has 32 heteroatoms. The Morgan fingerprint density at radius 1 is 0.459 bits per heavy atom. The monoisotopic (exact) mass is 1410 g/mol. The molecule has 6 aliphatic heterocycles. The van der Waals surface area contributed by atoms with Gasteiger partial charge in [0, 0.05) is 5.41 Å². The number of rotatable bonds is 17. The highest BCUT2D eigenvalue weighted by Crippen LogP contribution is 2.76. The van der Waals surface area contributed by atoms with Crippen LogP contribution in [0.15, 0.2) is 11.6 Å². The molecule has 10 fully saturated rings. The number of aliphatic hydroxyl groups excluding tert-OH is 19. The molecule has 0 aromatic rings. The molecule has 19 N–H and O–H groups in total. The highest BCUT2D eigenvalue weighted by Gasteiger charge is 2.71. The SMILES string of the molecule is C[C@@H]1O[C@@H](O[C@@H]2[C@@H](O)[C@H](O)[C@H](OC[C@H]3O[C@@H](O[C@H]4[C@H](O)[C@@H](O)[C@H](O[C@H]5CC[C@@]6(C)[C@@H](CC[C@]7(C)[C@@H]6CC=C6[C@@H]8CC(C)(C)CC[C@]8(C(=O)O[C@@H]8O[C@H](CO)[C@@H](O)[C@H](O)[C@H]8O)CC[C@]67C)[C@]5(C)CO)O[C@@H]4CO)[C@H](O)[C@@H](O)[C@H]3O)O[C@H]2C)[C@@H](O)[C@H](O[C@@H]2O[C@H](CO)[C@@H](O)[C@H](O)[C@H]2O)[C@H]1O. The maximum atomic E-state index is 14.8. The zero-order chi connectivity index (χ0) is 71.6. The Balaban J connectivity index is 0.715. The molecule has 6 saturated heterocycles. The van der Waals surface area contributed by atoms with Crippen LogP contribution in [0.5, 0.6) is 0 Å². The van der Waals surface area contributed by atoms with E-state index in [1.807, 2.05) is 6.92 Å². The smallest absolute Gasteiger partial charge is 0.315 e. The number of ether oxygens (including phenoxy) is 12. The summed E-state index contributed by atoms with van der Waals surface area (Å²) >= 11 is 0. The van der Waals surface area contributed by atoms with Crippen LogP contribution in [0.3, 0.4) is 0 Å². The van der Waals surface area contributed by atoms with Crippen molar-refractivity contribution in [2.45, 2.75) is 310 Å². The van der Waals surface area contributed by atoms with E-state index in [1.54, 1.807) is 0 Å². The van der Waals surface area contributed by atoms with Crippen molar-refractivity contribution in [2.24, 2.45) is 50.2 Å². The first kappa shape index (κ1) is 77.1. The van der Waals surface area contributed by atoms with E-state index in [9.17, 15) is 102 Å². The molecule has 564 valence electrons. The number of carbonyl (C=O) groups excluding carboxylic acids is 1. The summed E-state index contributed by atoms with van der Waals surface area (Å²) in [6.45, 7) is 12.7. The van der Waals surface area contributed by atoms with E-state index in [0.29, 0.717) is 51.4 Å². The second kappa shape index (κ2) is 29.1. The fraction of sp³-hybridized carbons (Fsp3) is 0.955. The summed E-state index contributed by atoms with van der Waals surface area (Å²) in [6, 6.07) is 0. The molecule has 11 rings (SSSR count). The molecular formula is C66H108O32. The number of carbonyl (C=O) groups is 1. The van der Waals surface area contributed by atoms with Crippen LogP contribution < -0.4 is 0 Å². The number of hydrogen-bond donors (Lipinski definition) is 19. The zero-order valence-corrected chi connectivity index (χ0v) is 56.6. The van der Waals surface area contributed by atoms with Gasteiger partial charge in [0.15, 0.2) is 31.5 Å². The molecule has 0 spiro atoms. The molecule has 0 aromatic heterocycles. The van der Waals surface area contributed by atoms with Crippen LogP contribution in [-0.2, 0) is 61.6 Å². The molecule has 0 radical (unpaired) electrons. The van der Waals surface area contributed by atoms with Crippen molar-refractivity contribution in [3.63, 3.8) is 0 Å². The maximum Gasteiger partial charge on any atom is 0.315 e. The first-order valence-corrected chi connectivity index (χ1v) is 34.7. The van der Waals surface area contributed by atoms with Gasteiger partial charge in [-0.2, -0.15) is 0 Å². The first-order valence-electron chi connectivity index (χ1n) is 34.7. The lowest BCUT2D eigenvalue weighted by atomic mass is 9.33. The number of aliphatic hydroxyl groups is 19. The first-order chi connectivity index (χ1) is 46.0. The molecule has 11 aliphatic rings. The molecule has 0 bridgehead atoms. The van der Waals surface area contributed by atoms with E-state index < -0.39 is 234 Å². The van der Waals surface area contributed by atoms with Gasteiger partial charge in [0.25, 0.3) is 0 Å². The summed E-state index contributed by atoms with van der Waals surface area (Å²) in [5.41, 5.74) is -1.92. The maximum absolute atomic E-state index is 14.8. The molecular weight excluding hydrogens is 1300 g/mol. The number of hydrogen-bond acceptors (Lipinski definition) is 32. The third-order valence-corrected chi connectivity index (χ3v) is 25.7. The largest absolute Gasteiger partial charge is 0.432 e. The van der Waals surface area contributed by atoms with Crippen molar-refractivity contribution in [2.75, 3.05) is 33.0 Å². The van der Waals surface area contributed by atoms with E-state index in [1.165, 1.54) is 19.4 Å². The minimum Gasteiger partial charge on any atom is -0.432 e. The Morgan fingerprint density at radius 2 is 0.949 bits per heavy atom. The summed E-state index contributed by atoms with van der Waals surface area (Å²) < 4.78 is 70.7. The van der Waals surface area contributed by atoms with Crippen molar-refractivity contribution >= 4 is 5.97 Å². The van der Waals surface area contributed by atoms with Gasteiger partial charge in [0.2, 0.25) is 6.29 Å². The summed E-state index contributed by atoms with van der Waals surface area (Å²) in [6.07, 6.45) is -43.0. The van der Waals surface area contributed by atoms with E-state index >= 15 is 0 Å². The van der Waals surface area contributed by atoms with Gasteiger partial charge in [-0.3, -0.25) is 4.79 Å². The standard InChI is InChI=1S/C66H108O32/c1-25-36(71)53(97-56-45(80)40(75)37(72)29(20-67)90-56)50(85)59(88-25)95-51-26(2)89-54(48(83)43(51)78)87-23-32-39(74)42(77)46(81)57(93-32)96-52-31(22-69)92-55(49(84)44(52)79)94-35-12-13-62(5)33(63(35,6)24-70)11-14-65(8)34(62)10-9-27-28-19-61(3,4)15-17-66(28,18-16-64(27,65)7)60(86)98-58-47(82)41(76)38(73)30(21-68)91-58/h9,25-26,28-59,67-85H,10-24H2,1-8H3/t25-,26-,28-,29+,30+,31+,32+,33+,34+,35-,36-,37+,38+,39-,40-,41-,42-,43-,44+,45+,46+,47+,48-,49+,50-,51-,52+,53+,54+,55-,56-,57-,58-,59-,62-,63-,64+,65+,66-/m0/s1. The van der Waals surface area contributed by atoms with Gasteiger partial charge in [-0.1, -0.05) is 53.2 Å². The molecule has 0 amide bonds. The van der Waals surface area contributed by atoms with Gasteiger partial charge in [-0.15, -0.1) is 0 Å². The second-order valence-corrected chi connectivity index (χ2v) is 31.7. The van der Waals surface area contributed by atoms with Crippen LogP contribution in [0.4, 0.5) is 0 Å². The highest BCUT2D eigenvalue weighted by atomic mass is 16.8. The summed E-state index contributed by atoms with van der Waals surface area (Å²) in [7, 11) is 0. The predicted octanol–water partition coefficient (Wildman–Crippen LogP) is -5.36. The van der Waals surface area contributed by atoms with Gasteiger partial charge in [-0.05, 0) is 117 Å². The van der Waals surface area contributed by atoms with Crippen molar-refractivity contribution < 1.29 is 159 Å². The van der Waals surface area contributed by atoms with Crippen LogP contribution in [0.25, 0.3) is 0 Å². The lowest BCUT2D eigenvalue weighted by molar-refractivity contribution is -0.381. The minimum atomic E-state index is -2.02. The average Bonchev–Trinajstić information content (AvgIpc) is 0.675. The minimum absolute atomic E-state index is 0.0917. The Morgan fingerprint density at radius 3 is 1.56 bits per heavy atom. The van der Waals surface area contributed by atoms with Gasteiger partial charge < -0.3 is 154 Å². The van der Waals surface area contributed by atoms with Crippen molar-refractivity contribution in [3.8, 4) is 0 Å². The molecule has 6 heterocycles. The molecule has 4 saturated carbocycles. The predicted molar refractivity (Wildman–Crippen MR) is 327 cm³/mol. The van der Waals surface area contributed by atoms with Crippen LogP contribution >= 0.6 is 0 Å².